The molecule has 0 saturated carbocycles. The molecule has 120 valence electrons. The first kappa shape index (κ1) is 16.9. The topological polar surface area (TPSA) is 70.2 Å². The second-order valence-electron chi connectivity index (χ2n) is 5.40. The Morgan fingerprint density at radius 1 is 1.36 bits per heavy atom. The molecule has 1 fully saturated rings. The minimum atomic E-state index is -0.441. The Labute approximate surface area is 139 Å². The van der Waals surface area contributed by atoms with Gasteiger partial charge in [0.2, 0.25) is 11.8 Å². The summed E-state index contributed by atoms with van der Waals surface area (Å²) in [5.41, 5.74) is 0.718. The van der Waals surface area contributed by atoms with E-state index >= 15 is 0 Å². The van der Waals surface area contributed by atoms with Gasteiger partial charge >= 0.3 is 0 Å². The molecule has 2 amide bonds. The van der Waals surface area contributed by atoms with Crippen molar-refractivity contribution in [2.45, 2.75) is 38.3 Å². The first-order chi connectivity index (χ1) is 10.5. The van der Waals surface area contributed by atoms with Gasteiger partial charge in [0.1, 0.15) is 6.04 Å². The summed E-state index contributed by atoms with van der Waals surface area (Å²) in [5, 5.41) is 9.68. The van der Waals surface area contributed by atoms with Crippen LogP contribution >= 0.6 is 23.2 Å². The van der Waals surface area contributed by atoms with Gasteiger partial charge in [-0.1, -0.05) is 23.2 Å². The van der Waals surface area contributed by atoms with E-state index in [1.807, 2.05) is 0 Å². The van der Waals surface area contributed by atoms with E-state index in [1.165, 1.54) is 0 Å². The summed E-state index contributed by atoms with van der Waals surface area (Å²) in [6.45, 7) is 2.43. The zero-order chi connectivity index (χ0) is 16.1. The van der Waals surface area contributed by atoms with Gasteiger partial charge < -0.3 is 16.0 Å². The van der Waals surface area contributed by atoms with Crippen molar-refractivity contribution in [2.24, 2.45) is 0 Å². The van der Waals surface area contributed by atoms with Crippen molar-refractivity contribution in [3.63, 3.8) is 0 Å². The van der Waals surface area contributed by atoms with Gasteiger partial charge in [-0.3, -0.25) is 9.59 Å². The molecule has 1 heterocycles. The van der Waals surface area contributed by atoms with Gasteiger partial charge in [-0.15, -0.1) is 0 Å². The highest BCUT2D eigenvalue weighted by Gasteiger charge is 2.21. The number of amides is 2. The zero-order valence-electron chi connectivity index (χ0n) is 12.3. The van der Waals surface area contributed by atoms with Gasteiger partial charge in [-0.05, 0) is 38.0 Å². The van der Waals surface area contributed by atoms with Crippen LogP contribution in [0.1, 0.15) is 26.2 Å². The van der Waals surface area contributed by atoms with E-state index in [4.69, 9.17) is 23.2 Å². The van der Waals surface area contributed by atoms with E-state index in [9.17, 15) is 9.59 Å². The average Bonchev–Trinajstić information content (AvgIpc) is 2.67. The Kier molecular flexibility index (Phi) is 5.91. The summed E-state index contributed by atoms with van der Waals surface area (Å²) in [6.07, 6.45) is 1.99. The molecule has 1 aliphatic heterocycles. The normalized spacial score (nSPS) is 19.8. The molecule has 0 spiro atoms. The molecule has 0 aromatic heterocycles. The standard InChI is InChI=1S/C15H19Cl2N3O2/c1-9(19-11-4-5-12(16)13(17)7-11)15(22)20-10-3-2-6-18-14(21)8-10/h4-5,7,9-10,19H,2-3,6,8H2,1H3,(H,18,21)(H,20,22)/t9-,10?/m0/s1. The van der Waals surface area contributed by atoms with Crippen LogP contribution in [0.15, 0.2) is 18.2 Å². The lowest BCUT2D eigenvalue weighted by molar-refractivity contribution is -0.123. The summed E-state index contributed by atoms with van der Waals surface area (Å²) < 4.78 is 0. The van der Waals surface area contributed by atoms with Crippen LogP contribution in [-0.4, -0.2) is 30.4 Å². The minimum Gasteiger partial charge on any atom is -0.374 e. The fourth-order valence-electron chi connectivity index (χ4n) is 2.33. The van der Waals surface area contributed by atoms with E-state index in [1.54, 1.807) is 25.1 Å². The van der Waals surface area contributed by atoms with Gasteiger partial charge in [0.25, 0.3) is 0 Å². The minimum absolute atomic E-state index is 0.0205. The molecule has 0 bridgehead atoms. The summed E-state index contributed by atoms with van der Waals surface area (Å²) in [7, 11) is 0. The number of hydrogen-bond donors (Lipinski definition) is 3. The van der Waals surface area contributed by atoms with Crippen molar-refractivity contribution in [1.82, 2.24) is 10.6 Å². The van der Waals surface area contributed by atoms with E-state index in [-0.39, 0.29) is 17.9 Å². The molecule has 0 aliphatic carbocycles. The molecule has 2 atom stereocenters. The molecule has 1 aromatic rings. The predicted octanol–water partition coefficient (Wildman–Crippen LogP) is 2.58. The molecule has 2 rings (SSSR count). The number of rotatable bonds is 4. The maximum Gasteiger partial charge on any atom is 0.242 e. The van der Waals surface area contributed by atoms with Crippen LogP contribution in [0.25, 0.3) is 0 Å². The number of hydrogen-bond acceptors (Lipinski definition) is 3. The predicted molar refractivity (Wildman–Crippen MR) is 88.3 cm³/mol. The Bertz CT molecular complexity index is 566. The third kappa shape index (κ3) is 4.78. The highest BCUT2D eigenvalue weighted by molar-refractivity contribution is 6.42. The number of halogens is 2. The molecule has 22 heavy (non-hydrogen) atoms. The second kappa shape index (κ2) is 7.70. The third-order valence-electron chi connectivity index (χ3n) is 3.53. The molecular formula is C15H19Cl2N3O2. The molecule has 1 unspecified atom stereocenters. The van der Waals surface area contributed by atoms with Crippen LogP contribution in [0.4, 0.5) is 5.69 Å². The van der Waals surface area contributed by atoms with Crippen LogP contribution in [-0.2, 0) is 9.59 Å². The van der Waals surface area contributed by atoms with Crippen molar-refractivity contribution in [3.8, 4) is 0 Å². The SMILES string of the molecule is C[C@H](Nc1ccc(Cl)c(Cl)c1)C(=O)NC1CCCNC(=O)C1. The summed E-state index contributed by atoms with van der Waals surface area (Å²) in [4.78, 5) is 23.7. The molecule has 1 aromatic carbocycles. The number of anilines is 1. The fraction of sp³-hybridized carbons (Fsp3) is 0.467. The van der Waals surface area contributed by atoms with Crippen LogP contribution in [0.2, 0.25) is 10.0 Å². The highest BCUT2D eigenvalue weighted by Crippen LogP contribution is 2.25. The van der Waals surface area contributed by atoms with Gasteiger partial charge in [0.05, 0.1) is 10.0 Å². The molecule has 0 radical (unpaired) electrons. The maximum atomic E-state index is 12.2. The van der Waals surface area contributed by atoms with E-state index < -0.39 is 6.04 Å². The number of carbonyl (C=O) groups excluding carboxylic acids is 2. The van der Waals surface area contributed by atoms with Crippen LogP contribution in [0, 0.1) is 0 Å². The summed E-state index contributed by atoms with van der Waals surface area (Å²) >= 11 is 11.8. The average molecular weight is 344 g/mol. The lowest BCUT2D eigenvalue weighted by Gasteiger charge is -2.20. The monoisotopic (exact) mass is 343 g/mol. The molecule has 7 heteroatoms. The number of carbonyl (C=O) groups is 2. The Morgan fingerprint density at radius 3 is 2.86 bits per heavy atom. The molecule has 3 N–H and O–H groups in total. The van der Waals surface area contributed by atoms with Gasteiger partial charge in [-0.2, -0.15) is 0 Å². The number of benzene rings is 1. The molecule has 5 nitrogen and oxygen atoms in total. The Morgan fingerprint density at radius 2 is 2.14 bits per heavy atom. The van der Waals surface area contributed by atoms with Gasteiger partial charge in [0, 0.05) is 24.7 Å². The van der Waals surface area contributed by atoms with Crippen molar-refractivity contribution < 1.29 is 9.59 Å². The highest BCUT2D eigenvalue weighted by atomic mass is 35.5. The zero-order valence-corrected chi connectivity index (χ0v) is 13.8. The molecule has 1 saturated heterocycles. The summed E-state index contributed by atoms with van der Waals surface area (Å²) in [6, 6.07) is 4.55. The smallest absolute Gasteiger partial charge is 0.242 e. The van der Waals surface area contributed by atoms with E-state index in [0.717, 1.165) is 18.5 Å². The number of nitrogens with one attached hydrogen (secondary N) is 3. The largest absolute Gasteiger partial charge is 0.374 e. The Balaban J connectivity index is 1.90. The van der Waals surface area contributed by atoms with Crippen molar-refractivity contribution in [3.05, 3.63) is 28.2 Å². The fourth-order valence-corrected chi connectivity index (χ4v) is 2.62. The van der Waals surface area contributed by atoms with Crippen LogP contribution in [0.3, 0.4) is 0 Å². The lowest BCUT2D eigenvalue weighted by atomic mass is 10.1. The van der Waals surface area contributed by atoms with Crippen molar-refractivity contribution in [1.29, 1.82) is 0 Å². The van der Waals surface area contributed by atoms with Crippen molar-refractivity contribution in [2.75, 3.05) is 11.9 Å². The maximum absolute atomic E-state index is 12.2. The van der Waals surface area contributed by atoms with E-state index in [2.05, 4.69) is 16.0 Å². The first-order valence-corrected chi connectivity index (χ1v) is 8.00. The Hall–Kier alpha value is -1.46. The molecule has 1 aliphatic rings. The first-order valence-electron chi connectivity index (χ1n) is 7.24. The third-order valence-corrected chi connectivity index (χ3v) is 4.26. The quantitative estimate of drug-likeness (QED) is 0.786. The van der Waals surface area contributed by atoms with Crippen molar-refractivity contribution >= 4 is 40.7 Å². The van der Waals surface area contributed by atoms with Crippen LogP contribution in [0.5, 0.6) is 0 Å². The molecular weight excluding hydrogens is 325 g/mol. The second-order valence-corrected chi connectivity index (χ2v) is 6.21. The lowest BCUT2D eigenvalue weighted by Crippen LogP contribution is -2.44. The van der Waals surface area contributed by atoms with Gasteiger partial charge in [-0.25, -0.2) is 0 Å². The van der Waals surface area contributed by atoms with Crippen LogP contribution < -0.4 is 16.0 Å². The van der Waals surface area contributed by atoms with E-state index in [0.29, 0.717) is 23.0 Å². The van der Waals surface area contributed by atoms with Gasteiger partial charge in [0.15, 0.2) is 0 Å². The summed E-state index contributed by atoms with van der Waals surface area (Å²) in [5.74, 6) is -0.168.